The predicted octanol–water partition coefficient (Wildman–Crippen LogP) is 1.79. The van der Waals surface area contributed by atoms with E-state index in [1.165, 1.54) is 11.1 Å². The highest BCUT2D eigenvalue weighted by Crippen LogP contribution is 2.24. The van der Waals surface area contributed by atoms with Gasteiger partial charge in [0.25, 0.3) is 0 Å². The Morgan fingerprint density at radius 2 is 2.24 bits per heavy atom. The van der Waals surface area contributed by atoms with E-state index in [1.54, 1.807) is 0 Å². The van der Waals surface area contributed by atoms with Gasteiger partial charge in [0.05, 0.1) is 0 Å². The maximum Gasteiger partial charge on any atom is 0.222 e. The molecule has 3 heteroatoms. The predicted molar refractivity (Wildman–Crippen MR) is 68.8 cm³/mol. The van der Waals surface area contributed by atoms with Crippen molar-refractivity contribution in [2.24, 2.45) is 0 Å². The van der Waals surface area contributed by atoms with Crippen LogP contribution in [0.4, 0.5) is 0 Å². The maximum absolute atomic E-state index is 11.8. The number of nitrogens with one attached hydrogen (secondary N) is 2. The molecule has 0 fully saturated rings. The van der Waals surface area contributed by atoms with Crippen LogP contribution in [0.25, 0.3) is 0 Å². The molecule has 1 aromatic rings. The van der Waals surface area contributed by atoms with E-state index >= 15 is 0 Å². The molecule has 17 heavy (non-hydrogen) atoms. The summed E-state index contributed by atoms with van der Waals surface area (Å²) in [5, 5.41) is 6.36. The number of carbonyl (C=O) groups is 1. The summed E-state index contributed by atoms with van der Waals surface area (Å²) in [6, 6.07) is 8.76. The Balaban J connectivity index is 2.06. The monoisotopic (exact) mass is 232 g/mol. The fourth-order valence-electron chi connectivity index (χ4n) is 2.34. The van der Waals surface area contributed by atoms with Crippen molar-refractivity contribution >= 4 is 5.91 Å². The van der Waals surface area contributed by atoms with E-state index in [0.717, 1.165) is 13.0 Å². The zero-order valence-corrected chi connectivity index (χ0v) is 10.5. The zero-order valence-electron chi connectivity index (χ0n) is 10.5. The Morgan fingerprint density at radius 1 is 1.47 bits per heavy atom. The minimum atomic E-state index is 0.120. The first-order chi connectivity index (χ1) is 8.16. The highest BCUT2D eigenvalue weighted by molar-refractivity contribution is 5.77. The van der Waals surface area contributed by atoms with Crippen LogP contribution in [0.2, 0.25) is 0 Å². The fraction of sp³-hybridized carbons (Fsp3) is 0.500. The van der Waals surface area contributed by atoms with Crippen molar-refractivity contribution in [1.82, 2.24) is 10.6 Å². The normalized spacial score (nSPS) is 18.9. The molecule has 1 amide bonds. The lowest BCUT2D eigenvalue weighted by Gasteiger charge is -2.26. The van der Waals surface area contributed by atoms with Crippen LogP contribution < -0.4 is 10.6 Å². The van der Waals surface area contributed by atoms with Crippen LogP contribution in [0.3, 0.4) is 0 Å². The number of carbonyl (C=O) groups excluding carboxylic acids is 1. The van der Waals surface area contributed by atoms with Gasteiger partial charge >= 0.3 is 0 Å². The van der Waals surface area contributed by atoms with Crippen LogP contribution in [0.1, 0.15) is 37.4 Å². The summed E-state index contributed by atoms with van der Waals surface area (Å²) in [7, 11) is 0. The third kappa shape index (κ3) is 3.07. The Morgan fingerprint density at radius 3 is 3.00 bits per heavy atom. The van der Waals surface area contributed by atoms with E-state index in [0.29, 0.717) is 6.42 Å². The van der Waals surface area contributed by atoms with Crippen LogP contribution >= 0.6 is 0 Å². The molecule has 0 radical (unpaired) electrons. The molecule has 92 valence electrons. The van der Waals surface area contributed by atoms with Crippen molar-refractivity contribution < 1.29 is 4.79 Å². The molecule has 1 atom stereocenters. The molecule has 0 bridgehead atoms. The van der Waals surface area contributed by atoms with Crippen molar-refractivity contribution in [3.63, 3.8) is 0 Å². The summed E-state index contributed by atoms with van der Waals surface area (Å²) in [5.74, 6) is 0.120. The lowest BCUT2D eigenvalue weighted by atomic mass is 9.92. The summed E-state index contributed by atoms with van der Waals surface area (Å²) < 4.78 is 0. The molecular weight excluding hydrogens is 212 g/mol. The molecule has 2 rings (SSSR count). The highest BCUT2D eigenvalue weighted by atomic mass is 16.1. The number of amides is 1. The summed E-state index contributed by atoms with van der Waals surface area (Å²) in [6.07, 6.45) is 1.58. The Bertz CT molecular complexity index is 401. The van der Waals surface area contributed by atoms with Crippen molar-refractivity contribution in [3.05, 3.63) is 35.4 Å². The smallest absolute Gasteiger partial charge is 0.222 e. The van der Waals surface area contributed by atoms with Crippen molar-refractivity contribution in [2.45, 2.75) is 38.8 Å². The van der Waals surface area contributed by atoms with Crippen LogP contribution in [-0.2, 0) is 11.2 Å². The van der Waals surface area contributed by atoms with Crippen molar-refractivity contribution in [2.75, 3.05) is 6.54 Å². The molecule has 0 saturated carbocycles. The fourth-order valence-corrected chi connectivity index (χ4v) is 2.34. The van der Waals surface area contributed by atoms with Gasteiger partial charge in [0.2, 0.25) is 5.91 Å². The molecule has 0 spiro atoms. The van der Waals surface area contributed by atoms with Crippen LogP contribution in [-0.4, -0.2) is 18.5 Å². The minimum absolute atomic E-state index is 0.120. The second-order valence-corrected chi connectivity index (χ2v) is 4.88. The summed E-state index contributed by atoms with van der Waals surface area (Å²) in [5.41, 5.74) is 2.64. The maximum atomic E-state index is 11.8. The van der Waals surface area contributed by atoms with E-state index in [1.807, 2.05) is 19.9 Å². The standard InChI is InChI=1S/C14H20N2O/c1-10(2)16-14(17)9-13-12-6-4-3-5-11(12)7-8-15-13/h3-6,10,13,15H,7-9H2,1-2H3,(H,16,17). The third-order valence-corrected chi connectivity index (χ3v) is 3.05. The molecule has 1 aliphatic heterocycles. The van der Waals surface area contributed by atoms with Gasteiger partial charge in [-0.1, -0.05) is 24.3 Å². The quantitative estimate of drug-likeness (QED) is 0.834. The summed E-state index contributed by atoms with van der Waals surface area (Å²) in [4.78, 5) is 11.8. The van der Waals surface area contributed by atoms with Gasteiger partial charge in [-0.15, -0.1) is 0 Å². The summed E-state index contributed by atoms with van der Waals surface area (Å²) in [6.45, 7) is 4.93. The molecule has 0 aromatic heterocycles. The Kier molecular flexibility index (Phi) is 3.79. The second kappa shape index (κ2) is 5.32. The zero-order chi connectivity index (χ0) is 12.3. The first kappa shape index (κ1) is 12.1. The van der Waals surface area contributed by atoms with Gasteiger partial charge in [0.1, 0.15) is 0 Å². The largest absolute Gasteiger partial charge is 0.354 e. The number of rotatable bonds is 3. The molecule has 1 aromatic carbocycles. The SMILES string of the molecule is CC(C)NC(=O)CC1NCCc2ccccc21. The number of fused-ring (bicyclic) bond motifs is 1. The topological polar surface area (TPSA) is 41.1 Å². The van der Waals surface area contributed by atoms with E-state index in [9.17, 15) is 4.79 Å². The molecule has 1 heterocycles. The Labute approximate surface area is 103 Å². The molecular formula is C14H20N2O. The number of hydrogen-bond acceptors (Lipinski definition) is 2. The average Bonchev–Trinajstić information content (AvgIpc) is 2.28. The van der Waals surface area contributed by atoms with Crippen LogP contribution in [0, 0.1) is 0 Å². The molecule has 1 aliphatic rings. The Hall–Kier alpha value is -1.35. The van der Waals surface area contributed by atoms with Gasteiger partial charge in [0, 0.05) is 18.5 Å². The van der Waals surface area contributed by atoms with E-state index in [-0.39, 0.29) is 18.0 Å². The van der Waals surface area contributed by atoms with Crippen molar-refractivity contribution in [1.29, 1.82) is 0 Å². The minimum Gasteiger partial charge on any atom is -0.354 e. The van der Waals surface area contributed by atoms with Crippen LogP contribution in [0.5, 0.6) is 0 Å². The lowest BCUT2D eigenvalue weighted by molar-refractivity contribution is -0.122. The van der Waals surface area contributed by atoms with Crippen LogP contribution in [0.15, 0.2) is 24.3 Å². The number of benzene rings is 1. The highest BCUT2D eigenvalue weighted by Gasteiger charge is 2.21. The number of hydrogen-bond donors (Lipinski definition) is 2. The molecule has 2 N–H and O–H groups in total. The average molecular weight is 232 g/mol. The molecule has 0 aliphatic carbocycles. The van der Waals surface area contributed by atoms with E-state index in [2.05, 4.69) is 28.8 Å². The second-order valence-electron chi connectivity index (χ2n) is 4.88. The molecule has 1 unspecified atom stereocenters. The molecule has 3 nitrogen and oxygen atoms in total. The molecule has 0 saturated heterocycles. The third-order valence-electron chi connectivity index (χ3n) is 3.05. The van der Waals surface area contributed by atoms with E-state index < -0.39 is 0 Å². The van der Waals surface area contributed by atoms with Gasteiger partial charge < -0.3 is 10.6 Å². The van der Waals surface area contributed by atoms with Gasteiger partial charge in [-0.25, -0.2) is 0 Å². The summed E-state index contributed by atoms with van der Waals surface area (Å²) >= 11 is 0. The van der Waals surface area contributed by atoms with Crippen molar-refractivity contribution in [3.8, 4) is 0 Å². The lowest BCUT2D eigenvalue weighted by Crippen LogP contribution is -2.36. The van der Waals surface area contributed by atoms with E-state index in [4.69, 9.17) is 0 Å². The van der Waals surface area contributed by atoms with Gasteiger partial charge in [-0.2, -0.15) is 0 Å². The first-order valence-corrected chi connectivity index (χ1v) is 6.27. The van der Waals surface area contributed by atoms with Gasteiger partial charge in [-0.3, -0.25) is 4.79 Å². The van der Waals surface area contributed by atoms with Gasteiger partial charge in [0.15, 0.2) is 0 Å². The first-order valence-electron chi connectivity index (χ1n) is 6.27. The van der Waals surface area contributed by atoms with Gasteiger partial charge in [-0.05, 0) is 37.9 Å².